The zero-order valence-corrected chi connectivity index (χ0v) is 20.4. The SMILES string of the molecule is CN(C)C1CCN(c2ccc(NC(=O)C3NC(c4ccc5c(c4)OCO5)SC3(C)C)cc2)C1. The lowest BCUT2D eigenvalue weighted by Crippen LogP contribution is -2.46. The average Bonchev–Trinajstić information content (AvgIpc) is 3.51. The van der Waals surface area contributed by atoms with Gasteiger partial charge in [0.25, 0.3) is 0 Å². The molecule has 3 heterocycles. The van der Waals surface area contributed by atoms with Gasteiger partial charge in [0.15, 0.2) is 11.5 Å². The summed E-state index contributed by atoms with van der Waals surface area (Å²) in [7, 11) is 4.28. The molecule has 176 valence electrons. The van der Waals surface area contributed by atoms with Crippen molar-refractivity contribution in [1.82, 2.24) is 10.2 Å². The molecule has 0 aliphatic carbocycles. The fourth-order valence-electron chi connectivity index (χ4n) is 4.76. The summed E-state index contributed by atoms with van der Waals surface area (Å²) in [6, 6.07) is 14.4. The lowest BCUT2D eigenvalue weighted by molar-refractivity contribution is -0.118. The minimum Gasteiger partial charge on any atom is -0.454 e. The second-order valence-corrected chi connectivity index (χ2v) is 11.5. The first-order chi connectivity index (χ1) is 15.8. The summed E-state index contributed by atoms with van der Waals surface area (Å²) >= 11 is 1.76. The van der Waals surface area contributed by atoms with Crippen molar-refractivity contribution in [3.05, 3.63) is 48.0 Å². The number of likely N-dealkylation sites (N-methyl/N-ethyl adjacent to an activating group) is 1. The molecule has 8 heteroatoms. The number of ether oxygens (including phenoxy) is 2. The number of fused-ring (bicyclic) bond motifs is 1. The molecule has 2 fully saturated rings. The maximum atomic E-state index is 13.2. The van der Waals surface area contributed by atoms with E-state index in [1.165, 1.54) is 12.1 Å². The van der Waals surface area contributed by atoms with Crippen molar-refractivity contribution >= 4 is 29.0 Å². The van der Waals surface area contributed by atoms with E-state index in [4.69, 9.17) is 9.47 Å². The summed E-state index contributed by atoms with van der Waals surface area (Å²) < 4.78 is 10.7. The maximum absolute atomic E-state index is 13.2. The molecule has 7 nitrogen and oxygen atoms in total. The zero-order chi connectivity index (χ0) is 23.2. The third-order valence-electron chi connectivity index (χ3n) is 6.79. The maximum Gasteiger partial charge on any atom is 0.242 e. The van der Waals surface area contributed by atoms with E-state index in [2.05, 4.69) is 60.5 Å². The van der Waals surface area contributed by atoms with Gasteiger partial charge in [0, 0.05) is 35.3 Å². The van der Waals surface area contributed by atoms with Crippen LogP contribution in [0.1, 0.15) is 31.2 Å². The number of thioether (sulfide) groups is 1. The van der Waals surface area contributed by atoms with Gasteiger partial charge in [0.2, 0.25) is 12.7 Å². The largest absolute Gasteiger partial charge is 0.454 e. The first-order valence-electron chi connectivity index (χ1n) is 11.5. The second-order valence-electron chi connectivity index (χ2n) is 9.70. The average molecular weight is 469 g/mol. The molecule has 5 rings (SSSR count). The highest BCUT2D eigenvalue weighted by Gasteiger charge is 2.45. The van der Waals surface area contributed by atoms with E-state index in [1.807, 2.05) is 30.3 Å². The molecule has 2 saturated heterocycles. The van der Waals surface area contributed by atoms with Gasteiger partial charge in [-0.15, -0.1) is 11.8 Å². The Bertz CT molecular complexity index is 1030. The Hall–Kier alpha value is -2.42. The number of rotatable bonds is 5. The molecule has 3 atom stereocenters. The van der Waals surface area contributed by atoms with Gasteiger partial charge in [0.05, 0.1) is 5.37 Å². The van der Waals surface area contributed by atoms with Crippen LogP contribution in [-0.4, -0.2) is 61.6 Å². The Morgan fingerprint density at radius 2 is 1.91 bits per heavy atom. The van der Waals surface area contributed by atoms with Crippen molar-refractivity contribution < 1.29 is 14.3 Å². The van der Waals surface area contributed by atoms with Crippen LogP contribution in [0.15, 0.2) is 42.5 Å². The van der Waals surface area contributed by atoms with E-state index in [0.29, 0.717) is 6.04 Å². The summed E-state index contributed by atoms with van der Waals surface area (Å²) in [5.41, 5.74) is 3.11. The number of carbonyl (C=O) groups is 1. The third-order valence-corrected chi connectivity index (χ3v) is 8.28. The molecule has 2 aromatic carbocycles. The number of nitrogens with one attached hydrogen (secondary N) is 2. The number of anilines is 2. The minimum absolute atomic E-state index is 0.00688. The molecule has 0 radical (unpaired) electrons. The van der Waals surface area contributed by atoms with Crippen LogP contribution < -0.4 is 25.0 Å². The van der Waals surface area contributed by atoms with Crippen molar-refractivity contribution in [2.75, 3.05) is 44.2 Å². The van der Waals surface area contributed by atoms with Crippen molar-refractivity contribution in [3.8, 4) is 11.5 Å². The van der Waals surface area contributed by atoms with Crippen molar-refractivity contribution in [2.24, 2.45) is 0 Å². The van der Waals surface area contributed by atoms with Crippen LogP contribution in [0, 0.1) is 0 Å². The van der Waals surface area contributed by atoms with Gasteiger partial charge in [-0.3, -0.25) is 10.1 Å². The number of hydrogen-bond donors (Lipinski definition) is 2. The van der Waals surface area contributed by atoms with Crippen LogP contribution in [0.4, 0.5) is 11.4 Å². The quantitative estimate of drug-likeness (QED) is 0.694. The van der Waals surface area contributed by atoms with Crippen molar-refractivity contribution in [2.45, 2.75) is 42.5 Å². The van der Waals surface area contributed by atoms with Gasteiger partial charge in [-0.05, 0) is 76.3 Å². The summed E-state index contributed by atoms with van der Waals surface area (Å²) in [6.07, 6.45) is 1.18. The first-order valence-corrected chi connectivity index (χ1v) is 12.3. The summed E-state index contributed by atoms with van der Waals surface area (Å²) in [5.74, 6) is 1.51. The fraction of sp³-hybridized carbons (Fsp3) is 0.480. The molecule has 2 aromatic rings. The monoisotopic (exact) mass is 468 g/mol. The number of amides is 1. The predicted molar refractivity (Wildman–Crippen MR) is 133 cm³/mol. The molecule has 0 spiro atoms. The van der Waals surface area contributed by atoms with Crippen molar-refractivity contribution in [3.63, 3.8) is 0 Å². The third kappa shape index (κ3) is 4.52. The predicted octanol–water partition coefficient (Wildman–Crippen LogP) is 3.68. The van der Waals surface area contributed by atoms with E-state index >= 15 is 0 Å². The van der Waals surface area contributed by atoms with Crippen LogP contribution >= 0.6 is 11.8 Å². The first kappa shape index (κ1) is 22.4. The summed E-state index contributed by atoms with van der Waals surface area (Å²) in [4.78, 5) is 17.9. The Morgan fingerprint density at radius 1 is 1.15 bits per heavy atom. The molecular weight excluding hydrogens is 436 g/mol. The fourth-order valence-corrected chi connectivity index (χ4v) is 6.16. The number of nitrogens with zero attached hydrogens (tertiary/aromatic N) is 2. The van der Waals surface area contributed by atoms with Crippen LogP contribution in [0.3, 0.4) is 0 Å². The van der Waals surface area contributed by atoms with E-state index in [-0.39, 0.29) is 28.9 Å². The second kappa shape index (κ2) is 8.74. The topological polar surface area (TPSA) is 66.1 Å². The van der Waals surface area contributed by atoms with Crippen LogP contribution in [0.5, 0.6) is 11.5 Å². The highest BCUT2D eigenvalue weighted by Crippen LogP contribution is 2.47. The van der Waals surface area contributed by atoms with Gasteiger partial charge >= 0.3 is 0 Å². The summed E-state index contributed by atoms with van der Waals surface area (Å²) in [6.45, 7) is 6.58. The van der Waals surface area contributed by atoms with Gasteiger partial charge in [-0.1, -0.05) is 6.07 Å². The van der Waals surface area contributed by atoms with Crippen LogP contribution in [0.25, 0.3) is 0 Å². The number of carbonyl (C=O) groups excluding carboxylic acids is 1. The lowest BCUT2D eigenvalue weighted by atomic mass is 10.0. The molecule has 1 amide bonds. The molecule has 2 N–H and O–H groups in total. The van der Waals surface area contributed by atoms with Crippen LogP contribution in [-0.2, 0) is 4.79 Å². The Balaban J connectivity index is 1.23. The highest BCUT2D eigenvalue weighted by atomic mass is 32.2. The van der Waals surface area contributed by atoms with E-state index in [0.717, 1.165) is 35.8 Å². The van der Waals surface area contributed by atoms with Crippen LogP contribution in [0.2, 0.25) is 0 Å². The number of benzene rings is 2. The van der Waals surface area contributed by atoms with Gasteiger partial charge in [-0.25, -0.2) is 0 Å². The smallest absolute Gasteiger partial charge is 0.242 e. The molecule has 3 unspecified atom stereocenters. The normalized spacial score (nSPS) is 25.6. The van der Waals surface area contributed by atoms with Crippen molar-refractivity contribution in [1.29, 1.82) is 0 Å². The standard InChI is InChI=1S/C25H32N4O3S/c1-25(2)22(27-24(33-25)16-5-10-20-21(13-16)32-15-31-20)23(30)26-17-6-8-18(9-7-17)29-12-11-19(14-29)28(3)4/h5-10,13,19,22,24,27H,11-12,14-15H2,1-4H3,(H,26,30). The highest BCUT2D eigenvalue weighted by molar-refractivity contribution is 8.01. The summed E-state index contributed by atoms with van der Waals surface area (Å²) in [5, 5.41) is 6.64. The minimum atomic E-state index is -0.322. The van der Waals surface area contributed by atoms with E-state index in [1.54, 1.807) is 11.8 Å². The molecule has 0 aromatic heterocycles. The Labute approximate surface area is 199 Å². The van der Waals surface area contributed by atoms with E-state index in [9.17, 15) is 4.79 Å². The Kier molecular flexibility index (Phi) is 5.93. The van der Waals surface area contributed by atoms with Gasteiger partial charge in [0.1, 0.15) is 6.04 Å². The molecular formula is C25H32N4O3S. The Morgan fingerprint density at radius 3 is 2.64 bits per heavy atom. The molecule has 0 saturated carbocycles. The zero-order valence-electron chi connectivity index (χ0n) is 19.6. The molecule has 33 heavy (non-hydrogen) atoms. The molecule has 0 bridgehead atoms. The lowest BCUT2D eigenvalue weighted by Gasteiger charge is -2.24. The van der Waals surface area contributed by atoms with E-state index < -0.39 is 0 Å². The van der Waals surface area contributed by atoms with Gasteiger partial charge < -0.3 is 24.6 Å². The van der Waals surface area contributed by atoms with Gasteiger partial charge in [-0.2, -0.15) is 0 Å². The molecule has 3 aliphatic heterocycles. The molecule has 3 aliphatic rings. The number of hydrogen-bond acceptors (Lipinski definition) is 7.